The minimum absolute atomic E-state index is 0.587. The van der Waals surface area contributed by atoms with Gasteiger partial charge in [0.1, 0.15) is 5.75 Å². The van der Waals surface area contributed by atoms with Gasteiger partial charge in [0.15, 0.2) is 0 Å². The highest BCUT2D eigenvalue weighted by Crippen LogP contribution is 2.23. The maximum absolute atomic E-state index is 5.95. The number of nitrogens with zero attached hydrogens (tertiary/aromatic N) is 1. The van der Waals surface area contributed by atoms with Crippen LogP contribution in [0.25, 0.3) is 0 Å². The molecule has 19 heavy (non-hydrogen) atoms. The van der Waals surface area contributed by atoms with Crippen molar-refractivity contribution in [1.82, 2.24) is 4.90 Å². The Morgan fingerprint density at radius 2 is 1.95 bits per heavy atom. The molecule has 1 aromatic rings. The molecule has 0 radical (unpaired) electrons. The van der Waals surface area contributed by atoms with Gasteiger partial charge in [0.25, 0.3) is 0 Å². The average molecular weight is 284 g/mol. The van der Waals surface area contributed by atoms with Crippen LogP contribution in [-0.4, -0.2) is 30.5 Å². The Morgan fingerprint density at radius 1 is 1.26 bits per heavy atom. The van der Waals surface area contributed by atoms with E-state index in [1.807, 2.05) is 0 Å². The smallest absolute Gasteiger partial charge is 0.123 e. The van der Waals surface area contributed by atoms with E-state index in [1.165, 1.54) is 11.1 Å². The van der Waals surface area contributed by atoms with Crippen LogP contribution in [0.5, 0.6) is 5.75 Å². The monoisotopic (exact) mass is 283 g/mol. The first kappa shape index (κ1) is 16.3. The van der Waals surface area contributed by atoms with Gasteiger partial charge in [-0.15, -0.1) is 11.6 Å². The van der Waals surface area contributed by atoms with Crippen LogP contribution < -0.4 is 4.74 Å². The number of hydrogen-bond donors (Lipinski definition) is 0. The second-order valence-electron chi connectivity index (χ2n) is 4.95. The Bertz CT molecular complexity index is 377. The fourth-order valence-electron chi connectivity index (χ4n) is 2.55. The molecule has 0 N–H and O–H groups in total. The Morgan fingerprint density at radius 3 is 2.47 bits per heavy atom. The molecule has 1 aromatic carbocycles. The largest absolute Gasteiger partial charge is 0.496 e. The molecule has 0 heterocycles. The molecule has 0 aliphatic rings. The first-order chi connectivity index (χ1) is 9.15. The van der Waals surface area contributed by atoms with Gasteiger partial charge >= 0.3 is 0 Å². The number of alkyl halides is 1. The molecule has 0 amide bonds. The summed E-state index contributed by atoms with van der Waals surface area (Å²) in [6, 6.07) is 6.94. The van der Waals surface area contributed by atoms with Crippen LogP contribution >= 0.6 is 11.6 Å². The van der Waals surface area contributed by atoms with E-state index in [0.717, 1.165) is 31.7 Å². The zero-order chi connectivity index (χ0) is 14.3. The van der Waals surface area contributed by atoms with Gasteiger partial charge in [0, 0.05) is 30.6 Å². The lowest BCUT2D eigenvalue weighted by Crippen LogP contribution is -2.35. The highest BCUT2D eigenvalue weighted by Gasteiger charge is 2.16. The van der Waals surface area contributed by atoms with Crippen LogP contribution in [-0.2, 0) is 6.54 Å². The number of rotatable bonds is 8. The summed E-state index contributed by atoms with van der Waals surface area (Å²) < 4.78 is 5.47. The summed E-state index contributed by atoms with van der Waals surface area (Å²) in [6.07, 6.45) is 2.31. The van der Waals surface area contributed by atoms with Crippen molar-refractivity contribution in [3.63, 3.8) is 0 Å². The maximum atomic E-state index is 5.95. The first-order valence-corrected chi connectivity index (χ1v) is 7.63. The number of methoxy groups -OCH3 is 1. The van der Waals surface area contributed by atoms with Crippen molar-refractivity contribution in [2.24, 2.45) is 0 Å². The van der Waals surface area contributed by atoms with Crippen LogP contribution in [0.15, 0.2) is 18.2 Å². The Kier molecular flexibility index (Phi) is 7.25. The SMILES string of the molecule is CCC(CC)N(CCCl)Cc1cc(C)ccc1OC. The molecule has 0 fully saturated rings. The van der Waals surface area contributed by atoms with E-state index in [1.54, 1.807) is 7.11 Å². The lowest BCUT2D eigenvalue weighted by molar-refractivity contribution is 0.186. The first-order valence-electron chi connectivity index (χ1n) is 7.09. The van der Waals surface area contributed by atoms with Crippen LogP contribution in [0.3, 0.4) is 0 Å². The molecule has 0 saturated heterocycles. The highest BCUT2D eigenvalue weighted by molar-refractivity contribution is 6.18. The van der Waals surface area contributed by atoms with Crippen LogP contribution in [0.2, 0.25) is 0 Å². The van der Waals surface area contributed by atoms with E-state index in [9.17, 15) is 0 Å². The van der Waals surface area contributed by atoms with Crippen molar-refractivity contribution in [2.75, 3.05) is 19.5 Å². The second kappa shape index (κ2) is 8.44. The molecule has 0 atom stereocenters. The van der Waals surface area contributed by atoms with Crippen LogP contribution in [0.4, 0.5) is 0 Å². The molecule has 0 bridgehead atoms. The number of ether oxygens (including phenoxy) is 1. The fraction of sp³-hybridized carbons (Fsp3) is 0.625. The number of benzene rings is 1. The summed E-state index contributed by atoms with van der Waals surface area (Å²) in [5, 5.41) is 0. The molecule has 0 aromatic heterocycles. The molecule has 108 valence electrons. The lowest BCUT2D eigenvalue weighted by Gasteiger charge is -2.30. The number of halogens is 1. The average Bonchev–Trinajstić information content (AvgIpc) is 2.40. The maximum Gasteiger partial charge on any atom is 0.123 e. The van der Waals surface area contributed by atoms with Gasteiger partial charge in [-0.25, -0.2) is 0 Å². The molecule has 0 aliphatic heterocycles. The van der Waals surface area contributed by atoms with E-state index < -0.39 is 0 Å². The summed E-state index contributed by atoms with van der Waals surface area (Å²) in [5.41, 5.74) is 2.52. The number of aryl methyl sites for hydroxylation is 1. The quantitative estimate of drug-likeness (QED) is 0.662. The zero-order valence-electron chi connectivity index (χ0n) is 12.6. The fourth-order valence-corrected chi connectivity index (χ4v) is 2.77. The predicted octanol–water partition coefficient (Wildman–Crippen LogP) is 4.23. The van der Waals surface area contributed by atoms with E-state index in [-0.39, 0.29) is 0 Å². The van der Waals surface area contributed by atoms with Gasteiger partial charge in [-0.05, 0) is 25.8 Å². The van der Waals surface area contributed by atoms with E-state index in [4.69, 9.17) is 16.3 Å². The second-order valence-corrected chi connectivity index (χ2v) is 5.32. The Hall–Kier alpha value is -0.730. The van der Waals surface area contributed by atoms with Crippen molar-refractivity contribution >= 4 is 11.6 Å². The molecule has 3 heteroatoms. The summed E-state index contributed by atoms with van der Waals surface area (Å²) in [6.45, 7) is 8.42. The third kappa shape index (κ3) is 4.70. The van der Waals surface area contributed by atoms with Crippen molar-refractivity contribution in [3.8, 4) is 5.75 Å². The third-order valence-electron chi connectivity index (χ3n) is 3.64. The molecular formula is C16H26ClNO. The molecule has 0 unspecified atom stereocenters. The molecule has 0 spiro atoms. The lowest BCUT2D eigenvalue weighted by atomic mass is 10.1. The Labute approximate surface area is 122 Å². The van der Waals surface area contributed by atoms with E-state index in [2.05, 4.69) is 43.9 Å². The van der Waals surface area contributed by atoms with Crippen molar-refractivity contribution < 1.29 is 4.74 Å². The standard InChI is InChI=1S/C16H26ClNO/c1-5-15(6-2)18(10-9-17)12-14-11-13(3)7-8-16(14)19-4/h7-8,11,15H,5-6,9-10,12H2,1-4H3. The van der Waals surface area contributed by atoms with E-state index >= 15 is 0 Å². The minimum atomic E-state index is 0.587. The normalized spacial score (nSPS) is 11.3. The van der Waals surface area contributed by atoms with Crippen molar-refractivity contribution in [3.05, 3.63) is 29.3 Å². The van der Waals surface area contributed by atoms with Gasteiger partial charge in [0.2, 0.25) is 0 Å². The zero-order valence-corrected chi connectivity index (χ0v) is 13.3. The molecule has 1 rings (SSSR count). The van der Waals surface area contributed by atoms with Crippen LogP contribution in [0, 0.1) is 6.92 Å². The van der Waals surface area contributed by atoms with Gasteiger partial charge in [0.05, 0.1) is 7.11 Å². The van der Waals surface area contributed by atoms with Gasteiger partial charge in [-0.3, -0.25) is 4.90 Å². The molecule has 0 aliphatic carbocycles. The van der Waals surface area contributed by atoms with Gasteiger partial charge in [-0.1, -0.05) is 31.5 Å². The highest BCUT2D eigenvalue weighted by atomic mass is 35.5. The topological polar surface area (TPSA) is 12.5 Å². The summed E-state index contributed by atoms with van der Waals surface area (Å²) in [5.74, 6) is 1.64. The summed E-state index contributed by atoms with van der Waals surface area (Å²) >= 11 is 5.95. The number of hydrogen-bond acceptors (Lipinski definition) is 2. The van der Waals surface area contributed by atoms with Crippen molar-refractivity contribution in [2.45, 2.75) is 46.2 Å². The van der Waals surface area contributed by atoms with E-state index in [0.29, 0.717) is 11.9 Å². The third-order valence-corrected chi connectivity index (χ3v) is 3.81. The van der Waals surface area contributed by atoms with Crippen LogP contribution in [0.1, 0.15) is 37.8 Å². The van der Waals surface area contributed by atoms with Crippen molar-refractivity contribution in [1.29, 1.82) is 0 Å². The molecular weight excluding hydrogens is 258 g/mol. The summed E-state index contributed by atoms with van der Waals surface area (Å²) in [4.78, 5) is 2.46. The predicted molar refractivity (Wildman–Crippen MR) is 83.2 cm³/mol. The van der Waals surface area contributed by atoms with Gasteiger partial charge in [-0.2, -0.15) is 0 Å². The molecule has 2 nitrogen and oxygen atoms in total. The molecule has 0 saturated carbocycles. The minimum Gasteiger partial charge on any atom is -0.496 e. The summed E-state index contributed by atoms with van der Waals surface area (Å²) in [7, 11) is 1.73. The van der Waals surface area contributed by atoms with Gasteiger partial charge < -0.3 is 4.74 Å². The Balaban J connectivity index is 2.91.